The fourth-order valence-corrected chi connectivity index (χ4v) is 6.29. The standard InChI is InChI=1S/C25H29NO2/c1-14(2)19-5-4-6-20-21-17-11-12-18(13-17)22(21)23(26-24(19)20)15-7-9-16(10-8-15)25(27)28-3/h4-10,14,17-18,21-23,26H,11-13H2,1-3H3. The van der Waals surface area contributed by atoms with Crippen LogP contribution < -0.4 is 5.32 Å². The first-order chi connectivity index (χ1) is 13.6. The summed E-state index contributed by atoms with van der Waals surface area (Å²) in [6.07, 6.45) is 4.12. The van der Waals surface area contributed by atoms with Crippen LogP contribution in [0.4, 0.5) is 5.69 Å². The number of nitrogens with one attached hydrogen (secondary N) is 1. The summed E-state index contributed by atoms with van der Waals surface area (Å²) in [6.45, 7) is 4.56. The molecule has 3 aliphatic rings. The first kappa shape index (κ1) is 17.8. The van der Waals surface area contributed by atoms with Gasteiger partial charge in [0.05, 0.1) is 18.7 Å². The summed E-state index contributed by atoms with van der Waals surface area (Å²) < 4.78 is 4.87. The predicted molar refractivity (Wildman–Crippen MR) is 112 cm³/mol. The summed E-state index contributed by atoms with van der Waals surface area (Å²) >= 11 is 0. The van der Waals surface area contributed by atoms with Crippen LogP contribution in [0.2, 0.25) is 0 Å². The molecule has 1 heterocycles. The van der Waals surface area contributed by atoms with Crippen LogP contribution in [0.15, 0.2) is 42.5 Å². The average Bonchev–Trinajstić information content (AvgIpc) is 3.35. The Balaban J connectivity index is 1.58. The van der Waals surface area contributed by atoms with Gasteiger partial charge in [-0.15, -0.1) is 0 Å². The van der Waals surface area contributed by atoms with Crippen molar-refractivity contribution in [3.05, 3.63) is 64.7 Å². The van der Waals surface area contributed by atoms with Gasteiger partial charge in [-0.3, -0.25) is 0 Å². The highest BCUT2D eigenvalue weighted by Gasteiger charge is 2.54. The van der Waals surface area contributed by atoms with E-state index in [2.05, 4.69) is 49.5 Å². The topological polar surface area (TPSA) is 38.3 Å². The Hall–Kier alpha value is -2.29. The zero-order valence-electron chi connectivity index (χ0n) is 16.9. The minimum Gasteiger partial charge on any atom is -0.465 e. The fraction of sp³-hybridized carbons (Fsp3) is 0.480. The van der Waals surface area contributed by atoms with Crippen molar-refractivity contribution in [1.29, 1.82) is 0 Å². The molecular weight excluding hydrogens is 346 g/mol. The van der Waals surface area contributed by atoms with Crippen LogP contribution >= 0.6 is 0 Å². The number of carbonyl (C=O) groups is 1. The second-order valence-electron chi connectivity index (χ2n) is 9.14. The highest BCUT2D eigenvalue weighted by atomic mass is 16.5. The van der Waals surface area contributed by atoms with E-state index in [1.54, 1.807) is 5.56 Å². The van der Waals surface area contributed by atoms with Crippen molar-refractivity contribution in [3.8, 4) is 0 Å². The molecule has 2 aliphatic carbocycles. The summed E-state index contributed by atoms with van der Waals surface area (Å²) in [5, 5.41) is 3.97. The number of fused-ring (bicyclic) bond motifs is 7. The summed E-state index contributed by atoms with van der Waals surface area (Å²) in [6, 6.07) is 15.3. The van der Waals surface area contributed by atoms with Gasteiger partial charge in [0.1, 0.15) is 0 Å². The van der Waals surface area contributed by atoms with E-state index >= 15 is 0 Å². The Kier molecular flexibility index (Phi) is 4.22. The number of ether oxygens (including phenoxy) is 1. The Morgan fingerprint density at radius 2 is 1.82 bits per heavy atom. The van der Waals surface area contributed by atoms with Gasteiger partial charge < -0.3 is 10.1 Å². The van der Waals surface area contributed by atoms with E-state index in [1.807, 2.05) is 12.1 Å². The van der Waals surface area contributed by atoms with Crippen molar-refractivity contribution in [2.75, 3.05) is 12.4 Å². The van der Waals surface area contributed by atoms with E-state index in [-0.39, 0.29) is 5.97 Å². The van der Waals surface area contributed by atoms with Crippen LogP contribution in [0.5, 0.6) is 0 Å². The van der Waals surface area contributed by atoms with Crippen molar-refractivity contribution >= 4 is 11.7 Å². The lowest BCUT2D eigenvalue weighted by Gasteiger charge is -2.44. The van der Waals surface area contributed by atoms with Gasteiger partial charge >= 0.3 is 5.97 Å². The van der Waals surface area contributed by atoms with E-state index in [4.69, 9.17) is 4.74 Å². The highest BCUT2D eigenvalue weighted by Crippen LogP contribution is 2.64. The second-order valence-corrected chi connectivity index (χ2v) is 9.14. The molecule has 2 saturated carbocycles. The molecule has 3 heteroatoms. The third kappa shape index (κ3) is 2.59. The second kappa shape index (κ2) is 6.65. The monoisotopic (exact) mass is 375 g/mol. The van der Waals surface area contributed by atoms with Gasteiger partial charge in [0.15, 0.2) is 0 Å². The molecular formula is C25H29NO2. The molecule has 2 bridgehead atoms. The highest BCUT2D eigenvalue weighted by molar-refractivity contribution is 5.89. The molecule has 5 unspecified atom stereocenters. The molecule has 3 nitrogen and oxygen atoms in total. The summed E-state index contributed by atoms with van der Waals surface area (Å²) in [7, 11) is 1.43. The maximum Gasteiger partial charge on any atom is 0.337 e. The number of esters is 1. The Morgan fingerprint density at radius 1 is 1.07 bits per heavy atom. The van der Waals surface area contributed by atoms with Crippen LogP contribution in [-0.4, -0.2) is 13.1 Å². The van der Waals surface area contributed by atoms with Crippen LogP contribution in [0.3, 0.4) is 0 Å². The molecule has 0 saturated heterocycles. The van der Waals surface area contributed by atoms with Crippen molar-refractivity contribution in [1.82, 2.24) is 0 Å². The van der Waals surface area contributed by atoms with Gasteiger partial charge in [-0.25, -0.2) is 4.79 Å². The Bertz CT molecular complexity index is 901. The summed E-state index contributed by atoms with van der Waals surface area (Å²) in [4.78, 5) is 11.8. The molecule has 0 spiro atoms. The molecule has 1 aliphatic heterocycles. The lowest BCUT2D eigenvalue weighted by atomic mass is 9.67. The van der Waals surface area contributed by atoms with Crippen LogP contribution in [-0.2, 0) is 4.74 Å². The van der Waals surface area contributed by atoms with Crippen molar-refractivity contribution in [2.24, 2.45) is 17.8 Å². The van der Waals surface area contributed by atoms with Gasteiger partial charge in [-0.1, -0.05) is 44.2 Å². The van der Waals surface area contributed by atoms with Crippen LogP contribution in [0, 0.1) is 17.8 Å². The van der Waals surface area contributed by atoms with Gasteiger partial charge in [0.2, 0.25) is 0 Å². The van der Waals surface area contributed by atoms with E-state index < -0.39 is 0 Å². The zero-order valence-corrected chi connectivity index (χ0v) is 16.9. The number of rotatable bonds is 3. The van der Waals surface area contributed by atoms with E-state index in [9.17, 15) is 4.79 Å². The van der Waals surface area contributed by atoms with Crippen molar-refractivity contribution in [2.45, 2.75) is 51.0 Å². The molecule has 146 valence electrons. The minimum atomic E-state index is -0.270. The number of hydrogen-bond donors (Lipinski definition) is 1. The Labute approximate surface area is 167 Å². The third-order valence-electron chi connectivity index (χ3n) is 7.47. The van der Waals surface area contributed by atoms with E-state index in [1.165, 1.54) is 43.2 Å². The van der Waals surface area contributed by atoms with Gasteiger partial charge in [-0.05, 0) is 77.7 Å². The maximum absolute atomic E-state index is 11.8. The normalized spacial score (nSPS) is 29.9. The van der Waals surface area contributed by atoms with Gasteiger partial charge in [0.25, 0.3) is 0 Å². The number of methoxy groups -OCH3 is 1. The van der Waals surface area contributed by atoms with Crippen LogP contribution in [0.25, 0.3) is 0 Å². The molecule has 5 atom stereocenters. The summed E-state index contributed by atoms with van der Waals surface area (Å²) in [5.41, 5.74) is 6.25. The quantitative estimate of drug-likeness (QED) is 0.680. The molecule has 0 amide bonds. The van der Waals surface area contributed by atoms with Gasteiger partial charge in [-0.2, -0.15) is 0 Å². The van der Waals surface area contributed by atoms with Crippen molar-refractivity contribution in [3.63, 3.8) is 0 Å². The fourth-order valence-electron chi connectivity index (χ4n) is 6.29. The third-order valence-corrected chi connectivity index (χ3v) is 7.47. The molecule has 2 aromatic carbocycles. The largest absolute Gasteiger partial charge is 0.465 e. The molecule has 2 aromatic rings. The maximum atomic E-state index is 11.8. The summed E-state index contributed by atoms with van der Waals surface area (Å²) in [5.74, 6) is 3.18. The first-order valence-electron chi connectivity index (χ1n) is 10.7. The number of anilines is 1. The zero-order chi connectivity index (χ0) is 19.4. The average molecular weight is 376 g/mol. The van der Waals surface area contributed by atoms with Gasteiger partial charge in [0, 0.05) is 5.69 Å². The lowest BCUT2D eigenvalue weighted by Crippen LogP contribution is -2.36. The predicted octanol–water partition coefficient (Wildman–Crippen LogP) is 5.89. The lowest BCUT2D eigenvalue weighted by molar-refractivity contribution is 0.0600. The molecule has 2 fully saturated rings. The smallest absolute Gasteiger partial charge is 0.337 e. The number of benzene rings is 2. The number of carbonyl (C=O) groups excluding carboxylic acids is 1. The van der Waals surface area contributed by atoms with E-state index in [0.29, 0.717) is 29.4 Å². The minimum absolute atomic E-state index is 0.270. The molecule has 5 rings (SSSR count). The van der Waals surface area contributed by atoms with E-state index in [0.717, 1.165) is 11.8 Å². The Morgan fingerprint density at radius 3 is 2.54 bits per heavy atom. The number of hydrogen-bond acceptors (Lipinski definition) is 3. The van der Waals surface area contributed by atoms with Crippen LogP contribution in [0.1, 0.15) is 78.0 Å². The molecule has 28 heavy (non-hydrogen) atoms. The SMILES string of the molecule is COC(=O)c1ccc(C2Nc3c(C(C)C)cccc3C3C4CCC(C4)C23)cc1. The van der Waals surface area contributed by atoms with Crippen molar-refractivity contribution < 1.29 is 9.53 Å². The molecule has 0 aromatic heterocycles. The number of para-hydroxylation sites is 1. The first-order valence-corrected chi connectivity index (χ1v) is 10.7. The molecule has 1 N–H and O–H groups in total. The molecule has 0 radical (unpaired) electrons.